The molecule has 0 fully saturated rings. The van der Waals surface area contributed by atoms with Crippen molar-refractivity contribution in [1.29, 1.82) is 0 Å². The zero-order chi connectivity index (χ0) is 18.6. The van der Waals surface area contributed by atoms with Crippen molar-refractivity contribution in [3.8, 4) is 5.75 Å². The van der Waals surface area contributed by atoms with Gasteiger partial charge >= 0.3 is 7.32 Å². The number of hydrogen-bond acceptors (Lipinski definition) is 4. The van der Waals surface area contributed by atoms with Crippen LogP contribution in [0.2, 0.25) is 0 Å². The lowest BCUT2D eigenvalue weighted by Gasteiger charge is -2.25. The van der Waals surface area contributed by atoms with Gasteiger partial charge in [-0.2, -0.15) is 0 Å². The predicted molar refractivity (Wildman–Crippen MR) is 109 cm³/mol. The number of fused-ring (bicyclic) bond motifs is 1. The second-order valence-electron chi connectivity index (χ2n) is 6.14. The Kier molecular flexibility index (Phi) is 4.79. The summed E-state index contributed by atoms with van der Waals surface area (Å²) in [4.78, 5) is 2.20. The average molecular weight is 355 g/mol. The fourth-order valence-corrected chi connectivity index (χ4v) is 3.15. The highest BCUT2D eigenvalue weighted by Crippen LogP contribution is 2.36. The van der Waals surface area contributed by atoms with E-state index in [0.717, 1.165) is 27.8 Å². The molecule has 0 radical (unpaired) electrons. The van der Waals surface area contributed by atoms with Crippen molar-refractivity contribution in [2.45, 2.75) is 0 Å². The first kappa shape index (κ1) is 17.2. The van der Waals surface area contributed by atoms with Crippen LogP contribution in [0.4, 0.5) is 17.1 Å². The lowest BCUT2D eigenvalue weighted by Crippen LogP contribution is -2.20. The molecule has 0 saturated heterocycles. The Hall–Kier alpha value is -3.28. The van der Waals surface area contributed by atoms with E-state index in [2.05, 4.69) is 35.2 Å². The summed E-state index contributed by atoms with van der Waals surface area (Å²) in [7, 11) is -1.83. The lowest BCUT2D eigenvalue weighted by atomic mass is 10.1. The van der Waals surface area contributed by atoms with Gasteiger partial charge in [-0.15, -0.1) is 0 Å². The molecule has 2 N–H and O–H groups in total. The van der Waals surface area contributed by atoms with E-state index in [1.807, 2.05) is 54.6 Å². The third kappa shape index (κ3) is 3.79. The molecule has 0 aliphatic carbocycles. The van der Waals surface area contributed by atoms with Gasteiger partial charge in [-0.05, 0) is 59.3 Å². The topological polar surface area (TPSA) is 52.9 Å². The molecule has 0 bridgehead atoms. The van der Waals surface area contributed by atoms with Crippen molar-refractivity contribution in [2.24, 2.45) is 0 Å². The van der Waals surface area contributed by atoms with Crippen molar-refractivity contribution in [2.75, 3.05) is 4.90 Å². The molecule has 0 amide bonds. The highest BCUT2D eigenvalue weighted by Gasteiger charge is 2.14. The molecule has 4 nitrogen and oxygen atoms in total. The van der Waals surface area contributed by atoms with Crippen molar-refractivity contribution >= 4 is 35.2 Å². The first-order valence-corrected chi connectivity index (χ1v) is 8.67. The maximum Gasteiger partial charge on any atom is 0.707 e. The van der Waals surface area contributed by atoms with Crippen LogP contribution in [0.15, 0.2) is 97.1 Å². The third-order valence-corrected chi connectivity index (χ3v) is 4.32. The molecule has 0 aromatic heterocycles. The van der Waals surface area contributed by atoms with Gasteiger partial charge in [0, 0.05) is 17.1 Å². The van der Waals surface area contributed by atoms with Gasteiger partial charge < -0.3 is 19.6 Å². The quantitative estimate of drug-likeness (QED) is 0.512. The molecule has 4 rings (SSSR count). The Morgan fingerprint density at radius 3 is 1.74 bits per heavy atom. The first-order valence-electron chi connectivity index (χ1n) is 8.67. The fourth-order valence-electron chi connectivity index (χ4n) is 3.15. The standard InChI is InChI=1S/C22H18BNO3/c25-23(26)27-22-14-12-17-15-21(13-11-18(17)16-22)24(19-7-3-1-4-8-19)20-9-5-2-6-10-20/h1-16,25-26H. The smallest absolute Gasteiger partial charge is 0.512 e. The number of benzene rings is 4. The predicted octanol–water partition coefficient (Wildman–Crippen LogP) is 4.66. The van der Waals surface area contributed by atoms with E-state index in [4.69, 9.17) is 14.7 Å². The minimum Gasteiger partial charge on any atom is -0.512 e. The van der Waals surface area contributed by atoms with E-state index < -0.39 is 7.32 Å². The monoisotopic (exact) mass is 355 g/mol. The SMILES string of the molecule is OB(O)Oc1ccc2cc(N(c3ccccc3)c3ccccc3)ccc2c1. The zero-order valence-electron chi connectivity index (χ0n) is 14.6. The first-order chi connectivity index (χ1) is 13.2. The van der Waals surface area contributed by atoms with Gasteiger partial charge in [0.15, 0.2) is 0 Å². The Morgan fingerprint density at radius 1 is 0.593 bits per heavy atom. The van der Waals surface area contributed by atoms with Gasteiger partial charge in [0.05, 0.1) is 0 Å². The molecule has 4 aromatic rings. The maximum absolute atomic E-state index is 8.97. The van der Waals surface area contributed by atoms with Crippen LogP contribution in [0, 0.1) is 0 Å². The third-order valence-electron chi connectivity index (χ3n) is 4.32. The van der Waals surface area contributed by atoms with Crippen LogP contribution >= 0.6 is 0 Å². The summed E-state index contributed by atoms with van der Waals surface area (Å²) in [6.45, 7) is 0. The van der Waals surface area contributed by atoms with Crippen molar-refractivity contribution in [3.63, 3.8) is 0 Å². The van der Waals surface area contributed by atoms with Gasteiger partial charge in [-0.25, -0.2) is 0 Å². The van der Waals surface area contributed by atoms with Crippen molar-refractivity contribution < 1.29 is 14.7 Å². The molecule has 0 aliphatic heterocycles. The molecule has 0 unspecified atom stereocenters. The lowest BCUT2D eigenvalue weighted by molar-refractivity contribution is 0.288. The summed E-state index contributed by atoms with van der Waals surface area (Å²) < 4.78 is 4.94. The Morgan fingerprint density at radius 2 is 1.15 bits per heavy atom. The Labute approximate surface area is 158 Å². The molecule has 4 aromatic carbocycles. The zero-order valence-corrected chi connectivity index (χ0v) is 14.6. The van der Waals surface area contributed by atoms with E-state index in [-0.39, 0.29) is 0 Å². The normalized spacial score (nSPS) is 10.6. The summed E-state index contributed by atoms with van der Waals surface area (Å²) in [6.07, 6.45) is 0. The van der Waals surface area contributed by atoms with Gasteiger partial charge in [-0.1, -0.05) is 48.5 Å². The number of nitrogens with zero attached hydrogens (tertiary/aromatic N) is 1. The van der Waals surface area contributed by atoms with Crippen molar-refractivity contribution in [1.82, 2.24) is 0 Å². The highest BCUT2D eigenvalue weighted by molar-refractivity contribution is 6.33. The van der Waals surface area contributed by atoms with Crippen LogP contribution in [0.1, 0.15) is 0 Å². The van der Waals surface area contributed by atoms with Gasteiger partial charge in [0.1, 0.15) is 5.75 Å². The molecule has 0 atom stereocenters. The van der Waals surface area contributed by atoms with Crippen LogP contribution < -0.4 is 9.55 Å². The summed E-state index contributed by atoms with van der Waals surface area (Å²) in [6, 6.07) is 32.0. The summed E-state index contributed by atoms with van der Waals surface area (Å²) >= 11 is 0. The highest BCUT2D eigenvalue weighted by atomic mass is 16.6. The molecule has 27 heavy (non-hydrogen) atoms. The molecule has 132 valence electrons. The van der Waals surface area contributed by atoms with Crippen LogP contribution in [0.25, 0.3) is 10.8 Å². The Balaban J connectivity index is 1.79. The summed E-state index contributed by atoms with van der Waals surface area (Å²) in [5, 5.41) is 19.9. The van der Waals surface area contributed by atoms with E-state index in [1.54, 1.807) is 12.1 Å². The van der Waals surface area contributed by atoms with Gasteiger partial charge in [-0.3, -0.25) is 0 Å². The molecular formula is C22H18BNO3. The molecule has 0 heterocycles. The van der Waals surface area contributed by atoms with Crippen LogP contribution in [0.3, 0.4) is 0 Å². The minimum absolute atomic E-state index is 0.410. The Bertz CT molecular complexity index is 1000. The maximum atomic E-state index is 8.97. The fraction of sp³-hybridized carbons (Fsp3) is 0. The van der Waals surface area contributed by atoms with Gasteiger partial charge in [0.25, 0.3) is 0 Å². The average Bonchev–Trinajstić information content (AvgIpc) is 2.69. The second-order valence-corrected chi connectivity index (χ2v) is 6.14. The van der Waals surface area contributed by atoms with Crippen LogP contribution in [-0.2, 0) is 0 Å². The van der Waals surface area contributed by atoms with E-state index >= 15 is 0 Å². The number of rotatable bonds is 5. The molecular weight excluding hydrogens is 337 g/mol. The number of hydrogen-bond donors (Lipinski definition) is 2. The molecule has 0 aliphatic rings. The van der Waals surface area contributed by atoms with Gasteiger partial charge in [0.2, 0.25) is 0 Å². The summed E-state index contributed by atoms with van der Waals surface area (Å²) in [5.41, 5.74) is 3.19. The number of anilines is 3. The molecule has 0 spiro atoms. The van der Waals surface area contributed by atoms with Crippen LogP contribution in [-0.4, -0.2) is 17.4 Å². The number of para-hydroxylation sites is 2. The molecule has 5 heteroatoms. The van der Waals surface area contributed by atoms with E-state index in [0.29, 0.717) is 5.75 Å². The largest absolute Gasteiger partial charge is 0.707 e. The van der Waals surface area contributed by atoms with Crippen molar-refractivity contribution in [3.05, 3.63) is 97.1 Å². The minimum atomic E-state index is -1.83. The van der Waals surface area contributed by atoms with E-state index in [9.17, 15) is 0 Å². The molecule has 0 saturated carbocycles. The van der Waals surface area contributed by atoms with E-state index in [1.165, 1.54) is 0 Å². The van der Waals surface area contributed by atoms with Crippen LogP contribution in [0.5, 0.6) is 5.75 Å². The second kappa shape index (κ2) is 7.54. The summed E-state index contributed by atoms with van der Waals surface area (Å²) in [5.74, 6) is 0.410.